The largest absolute Gasteiger partial charge is 0.497 e. The van der Waals surface area contributed by atoms with Crippen molar-refractivity contribution in [1.82, 2.24) is 9.78 Å². The molecule has 1 N–H and O–H groups in total. The number of ether oxygens (including phenoxy) is 1. The predicted octanol–water partition coefficient (Wildman–Crippen LogP) is 4.70. The molecule has 0 spiro atoms. The fourth-order valence-corrected chi connectivity index (χ4v) is 4.28. The van der Waals surface area contributed by atoms with Gasteiger partial charge >= 0.3 is 0 Å². The van der Waals surface area contributed by atoms with E-state index in [1.807, 2.05) is 26.0 Å². The minimum absolute atomic E-state index is 0.146. The molecule has 0 radical (unpaired) electrons. The number of carbonyl (C=O) groups is 1. The van der Waals surface area contributed by atoms with Crippen molar-refractivity contribution in [2.75, 3.05) is 12.4 Å². The number of anilines is 1. The Bertz CT molecular complexity index is 1160. The molecular weight excluding hydrogens is 402 g/mol. The van der Waals surface area contributed by atoms with Gasteiger partial charge < -0.3 is 10.1 Å². The lowest BCUT2D eigenvalue weighted by Gasteiger charge is -2.24. The molecule has 0 bridgehead atoms. The number of hydrogen-bond acceptors (Lipinski definition) is 4. The third kappa shape index (κ3) is 4.31. The number of hydrogen-bond donors (Lipinski definition) is 1. The van der Waals surface area contributed by atoms with Gasteiger partial charge in [-0.2, -0.15) is 5.10 Å². The summed E-state index contributed by atoms with van der Waals surface area (Å²) in [7, 11) is 1.60. The average Bonchev–Trinajstić information content (AvgIpc) is 2.82. The molecule has 3 aromatic rings. The quantitative estimate of drug-likeness (QED) is 0.614. The molecule has 166 valence electrons. The van der Waals surface area contributed by atoms with Gasteiger partial charge in [0, 0.05) is 16.8 Å². The SMILES string of the molecule is CCC(C(=O)Nc1ccc(OC)cc1)n1nc(-c2ccc(C)cc2)c2c(c1=O)CCCC2. The maximum atomic E-state index is 13.4. The van der Waals surface area contributed by atoms with Crippen molar-refractivity contribution in [1.29, 1.82) is 0 Å². The standard InChI is InChI=1S/C26H29N3O3/c1-4-23(25(30)27-19-13-15-20(32-3)16-14-19)29-26(31)22-8-6-5-7-21(22)24(28-29)18-11-9-17(2)10-12-18/h9-16,23H,4-8H2,1-3H3,(H,27,30). The molecule has 4 rings (SSSR count). The Kier molecular flexibility index (Phi) is 6.40. The molecule has 0 fully saturated rings. The third-order valence-electron chi connectivity index (χ3n) is 6.09. The first kappa shape index (κ1) is 21.8. The van der Waals surface area contributed by atoms with E-state index in [1.54, 1.807) is 31.4 Å². The van der Waals surface area contributed by atoms with E-state index in [1.165, 1.54) is 10.2 Å². The highest BCUT2D eigenvalue weighted by molar-refractivity contribution is 5.93. The van der Waals surface area contributed by atoms with E-state index in [0.717, 1.165) is 48.1 Å². The highest BCUT2D eigenvalue weighted by Gasteiger charge is 2.27. The molecule has 0 saturated carbocycles. The molecule has 1 atom stereocenters. The zero-order valence-corrected chi connectivity index (χ0v) is 18.9. The highest BCUT2D eigenvalue weighted by Crippen LogP contribution is 2.29. The topological polar surface area (TPSA) is 73.2 Å². The number of benzene rings is 2. The second kappa shape index (κ2) is 9.39. The summed E-state index contributed by atoms with van der Waals surface area (Å²) in [5.74, 6) is 0.461. The fourth-order valence-electron chi connectivity index (χ4n) is 4.28. The van der Waals surface area contributed by atoms with Crippen molar-refractivity contribution in [3.8, 4) is 17.0 Å². The molecule has 0 saturated heterocycles. The Morgan fingerprint density at radius 3 is 2.34 bits per heavy atom. The van der Waals surface area contributed by atoms with Crippen LogP contribution in [-0.2, 0) is 17.6 Å². The van der Waals surface area contributed by atoms with Gasteiger partial charge in [-0.3, -0.25) is 9.59 Å². The maximum Gasteiger partial charge on any atom is 0.271 e. The molecule has 2 aromatic carbocycles. The minimum atomic E-state index is -0.693. The Labute approximate surface area is 188 Å². The van der Waals surface area contributed by atoms with E-state index in [-0.39, 0.29) is 11.5 Å². The second-order valence-corrected chi connectivity index (χ2v) is 8.27. The van der Waals surface area contributed by atoms with Crippen molar-refractivity contribution in [2.45, 2.75) is 52.0 Å². The Morgan fingerprint density at radius 2 is 1.72 bits per heavy atom. The van der Waals surface area contributed by atoms with Crippen LogP contribution in [0.4, 0.5) is 5.69 Å². The average molecular weight is 432 g/mol. The van der Waals surface area contributed by atoms with Gasteiger partial charge in [0.25, 0.3) is 5.56 Å². The number of aryl methyl sites for hydroxylation is 1. The van der Waals surface area contributed by atoms with E-state index < -0.39 is 6.04 Å². The number of aromatic nitrogens is 2. The van der Waals surface area contributed by atoms with Gasteiger partial charge in [-0.15, -0.1) is 0 Å². The summed E-state index contributed by atoms with van der Waals surface area (Å²) in [6.07, 6.45) is 4.06. The summed E-state index contributed by atoms with van der Waals surface area (Å²) in [6.45, 7) is 3.95. The number of methoxy groups -OCH3 is 1. The first-order valence-corrected chi connectivity index (χ1v) is 11.2. The van der Waals surface area contributed by atoms with Crippen molar-refractivity contribution >= 4 is 11.6 Å². The monoisotopic (exact) mass is 431 g/mol. The Morgan fingerprint density at radius 1 is 1.06 bits per heavy atom. The molecule has 6 nitrogen and oxygen atoms in total. The summed E-state index contributed by atoms with van der Waals surface area (Å²) in [4.78, 5) is 26.6. The van der Waals surface area contributed by atoms with Crippen LogP contribution in [0.5, 0.6) is 5.75 Å². The minimum Gasteiger partial charge on any atom is -0.497 e. The molecule has 1 aliphatic carbocycles. The van der Waals surface area contributed by atoms with Crippen molar-refractivity contribution in [2.24, 2.45) is 0 Å². The normalized spacial score (nSPS) is 13.8. The molecule has 32 heavy (non-hydrogen) atoms. The molecule has 1 amide bonds. The summed E-state index contributed by atoms with van der Waals surface area (Å²) in [6, 6.07) is 14.6. The lowest BCUT2D eigenvalue weighted by molar-refractivity contribution is -0.119. The molecule has 6 heteroatoms. The number of carbonyl (C=O) groups excluding carboxylic acids is 1. The molecule has 0 aliphatic heterocycles. The number of nitrogens with zero attached hydrogens (tertiary/aromatic N) is 2. The summed E-state index contributed by atoms with van der Waals surface area (Å²) < 4.78 is 6.58. The first-order valence-electron chi connectivity index (χ1n) is 11.2. The Hall–Kier alpha value is -3.41. The molecule has 1 heterocycles. The number of amides is 1. The summed E-state index contributed by atoms with van der Waals surface area (Å²) in [5.41, 5.74) is 5.31. The van der Waals surface area contributed by atoms with Crippen LogP contribution in [0.2, 0.25) is 0 Å². The maximum absolute atomic E-state index is 13.4. The van der Waals surface area contributed by atoms with Crippen molar-refractivity contribution < 1.29 is 9.53 Å². The van der Waals surface area contributed by atoms with Crippen LogP contribution in [-0.4, -0.2) is 22.8 Å². The van der Waals surface area contributed by atoms with Crippen LogP contribution in [0.25, 0.3) is 11.3 Å². The molecule has 1 unspecified atom stereocenters. The number of nitrogens with one attached hydrogen (secondary N) is 1. The zero-order valence-electron chi connectivity index (χ0n) is 18.9. The van der Waals surface area contributed by atoms with Crippen LogP contribution < -0.4 is 15.6 Å². The van der Waals surface area contributed by atoms with E-state index in [4.69, 9.17) is 9.84 Å². The van der Waals surface area contributed by atoms with Crippen LogP contribution in [0.1, 0.15) is 48.9 Å². The van der Waals surface area contributed by atoms with Crippen LogP contribution >= 0.6 is 0 Å². The van der Waals surface area contributed by atoms with Gasteiger partial charge in [0.15, 0.2) is 0 Å². The molecular formula is C26H29N3O3. The third-order valence-corrected chi connectivity index (χ3v) is 6.09. The fraction of sp³-hybridized carbons (Fsp3) is 0.346. The smallest absolute Gasteiger partial charge is 0.271 e. The van der Waals surface area contributed by atoms with E-state index in [2.05, 4.69) is 17.4 Å². The molecule has 1 aromatic heterocycles. The van der Waals surface area contributed by atoms with Gasteiger partial charge in [-0.25, -0.2) is 4.68 Å². The van der Waals surface area contributed by atoms with Crippen LogP contribution in [0.3, 0.4) is 0 Å². The van der Waals surface area contributed by atoms with Crippen molar-refractivity contribution in [3.05, 3.63) is 75.6 Å². The van der Waals surface area contributed by atoms with E-state index >= 15 is 0 Å². The van der Waals surface area contributed by atoms with Gasteiger partial charge in [0.2, 0.25) is 5.91 Å². The first-order chi connectivity index (χ1) is 15.5. The van der Waals surface area contributed by atoms with E-state index in [0.29, 0.717) is 17.9 Å². The van der Waals surface area contributed by atoms with E-state index in [9.17, 15) is 9.59 Å². The van der Waals surface area contributed by atoms with Gasteiger partial charge in [0.1, 0.15) is 11.8 Å². The van der Waals surface area contributed by atoms with Crippen LogP contribution in [0, 0.1) is 6.92 Å². The predicted molar refractivity (Wildman–Crippen MR) is 126 cm³/mol. The van der Waals surface area contributed by atoms with Crippen LogP contribution in [0.15, 0.2) is 53.3 Å². The lowest BCUT2D eigenvalue weighted by Crippen LogP contribution is -2.38. The van der Waals surface area contributed by atoms with Gasteiger partial charge in [-0.1, -0.05) is 36.8 Å². The number of fused-ring (bicyclic) bond motifs is 1. The highest BCUT2D eigenvalue weighted by atomic mass is 16.5. The summed E-state index contributed by atoms with van der Waals surface area (Å²) in [5, 5.41) is 7.69. The van der Waals surface area contributed by atoms with Gasteiger partial charge in [0.05, 0.1) is 12.8 Å². The zero-order chi connectivity index (χ0) is 22.7. The lowest BCUT2D eigenvalue weighted by atomic mass is 9.89. The molecule has 1 aliphatic rings. The van der Waals surface area contributed by atoms with Crippen molar-refractivity contribution in [3.63, 3.8) is 0 Å². The van der Waals surface area contributed by atoms with Gasteiger partial charge in [-0.05, 0) is 68.9 Å². The second-order valence-electron chi connectivity index (χ2n) is 8.27. The number of rotatable bonds is 6. The Balaban J connectivity index is 1.74. The summed E-state index contributed by atoms with van der Waals surface area (Å²) >= 11 is 0.